The lowest BCUT2D eigenvalue weighted by molar-refractivity contribution is -0.327. The van der Waals surface area contributed by atoms with Crippen LogP contribution >= 0.6 is 0 Å². The Balaban J connectivity index is 2.25. The van der Waals surface area contributed by atoms with Crippen LogP contribution in [-0.4, -0.2) is 86.2 Å². The fourth-order valence-electron chi connectivity index (χ4n) is 2.99. The van der Waals surface area contributed by atoms with Gasteiger partial charge in [-0.05, 0) is 6.92 Å². The van der Waals surface area contributed by atoms with Gasteiger partial charge in [0, 0.05) is 11.5 Å². The molecule has 2 aliphatic heterocycles. The zero-order valence-corrected chi connectivity index (χ0v) is 14.3. The van der Waals surface area contributed by atoms with E-state index in [0.717, 1.165) is 6.26 Å². The third-order valence-electron chi connectivity index (χ3n) is 4.43. The summed E-state index contributed by atoms with van der Waals surface area (Å²) >= 11 is 0. The molecule has 0 saturated carbocycles. The highest BCUT2D eigenvalue weighted by atomic mass is 16.8. The highest BCUT2D eigenvalue weighted by molar-refractivity contribution is 5.89. The van der Waals surface area contributed by atoms with Gasteiger partial charge in [-0.15, -0.1) is 0 Å². The Morgan fingerprint density at radius 1 is 1.19 bits per heavy atom. The van der Waals surface area contributed by atoms with E-state index in [4.69, 9.17) is 19.3 Å². The smallest absolute Gasteiger partial charge is 0.335 e. The van der Waals surface area contributed by atoms with Gasteiger partial charge in [0.25, 0.3) is 0 Å². The van der Waals surface area contributed by atoms with Gasteiger partial charge in [0.15, 0.2) is 6.29 Å². The molecule has 11 nitrogen and oxygen atoms in total. The monoisotopic (exact) mass is 390 g/mol. The normalized spacial score (nSPS) is 38.2. The van der Waals surface area contributed by atoms with E-state index in [1.54, 1.807) is 0 Å². The average molecular weight is 390 g/mol. The van der Waals surface area contributed by atoms with Crippen LogP contribution in [0.5, 0.6) is 0 Å². The number of allylic oxidation sites excluding steroid dienone is 1. The number of carboxylic acids is 2. The molecule has 0 spiro atoms. The molecular weight excluding hydrogens is 368 g/mol. The number of aliphatic hydroxyl groups excluding tert-OH is 4. The van der Waals surface area contributed by atoms with Gasteiger partial charge in [-0.2, -0.15) is 0 Å². The maximum Gasteiger partial charge on any atom is 0.335 e. The van der Waals surface area contributed by atoms with Crippen LogP contribution < -0.4 is 0 Å². The van der Waals surface area contributed by atoms with E-state index in [-0.39, 0.29) is 11.1 Å². The van der Waals surface area contributed by atoms with Gasteiger partial charge >= 0.3 is 11.9 Å². The largest absolute Gasteiger partial charge is 0.481 e. The molecule has 6 unspecified atom stereocenters. The molecule has 0 amide bonds. The van der Waals surface area contributed by atoms with Crippen LogP contribution in [0.1, 0.15) is 13.3 Å². The van der Waals surface area contributed by atoms with Crippen molar-refractivity contribution in [2.24, 2.45) is 5.92 Å². The van der Waals surface area contributed by atoms with Gasteiger partial charge in [-0.1, -0.05) is 6.08 Å². The van der Waals surface area contributed by atoms with Gasteiger partial charge in [0.2, 0.25) is 6.29 Å². The lowest BCUT2D eigenvalue weighted by Crippen LogP contribution is -2.60. The van der Waals surface area contributed by atoms with Crippen LogP contribution in [0.2, 0.25) is 0 Å². The standard InChI is InChI=1S/C16H22O11/c1-2-6-7(3-10(18)19)8(14(23)24)5-25-15(6)27-16-13(22)12(21)11(20)9(4-17)26-16/h2,5,7,9,11-13,15-17,20-22H,3-4H2,1H3,(H,18,19)(H,23,24)/t7-,9?,11?,12?,13?,15?,16?/m1/s1. The molecule has 0 aromatic rings. The van der Waals surface area contributed by atoms with Crippen molar-refractivity contribution in [1.82, 2.24) is 0 Å². The molecule has 7 atom stereocenters. The van der Waals surface area contributed by atoms with E-state index in [0.29, 0.717) is 0 Å². The average Bonchev–Trinajstić information content (AvgIpc) is 2.61. The fraction of sp³-hybridized carbons (Fsp3) is 0.625. The zero-order chi connectivity index (χ0) is 20.3. The Labute approximate surface area is 153 Å². The summed E-state index contributed by atoms with van der Waals surface area (Å²) in [5, 5.41) is 57.2. The Kier molecular flexibility index (Phi) is 6.92. The maximum absolute atomic E-state index is 11.4. The van der Waals surface area contributed by atoms with Crippen molar-refractivity contribution < 1.29 is 54.4 Å². The second-order valence-corrected chi connectivity index (χ2v) is 6.12. The van der Waals surface area contributed by atoms with E-state index in [2.05, 4.69) is 0 Å². The van der Waals surface area contributed by atoms with Gasteiger partial charge in [-0.3, -0.25) is 4.79 Å². The third kappa shape index (κ3) is 4.46. The predicted molar refractivity (Wildman–Crippen MR) is 84.9 cm³/mol. The number of carboxylic acid groups (broad SMARTS) is 2. The second-order valence-electron chi connectivity index (χ2n) is 6.12. The van der Waals surface area contributed by atoms with E-state index in [1.165, 1.54) is 13.0 Å². The van der Waals surface area contributed by atoms with Gasteiger partial charge < -0.3 is 44.8 Å². The minimum Gasteiger partial charge on any atom is -0.481 e. The first-order chi connectivity index (χ1) is 12.7. The Bertz CT molecular complexity index is 626. The topological polar surface area (TPSA) is 183 Å². The van der Waals surface area contributed by atoms with Crippen molar-refractivity contribution in [3.05, 3.63) is 23.5 Å². The van der Waals surface area contributed by atoms with Crippen LogP contribution in [-0.2, 0) is 23.8 Å². The van der Waals surface area contributed by atoms with Crippen LogP contribution in [0, 0.1) is 5.92 Å². The first-order valence-corrected chi connectivity index (χ1v) is 8.13. The van der Waals surface area contributed by atoms with Gasteiger partial charge in [0.05, 0.1) is 24.9 Å². The van der Waals surface area contributed by atoms with E-state index < -0.39 is 67.9 Å². The Morgan fingerprint density at radius 3 is 2.37 bits per heavy atom. The number of aliphatic carboxylic acids is 2. The molecule has 11 heteroatoms. The number of ether oxygens (including phenoxy) is 3. The minimum absolute atomic E-state index is 0.175. The van der Waals surface area contributed by atoms with Crippen LogP contribution in [0.15, 0.2) is 23.5 Å². The highest BCUT2D eigenvalue weighted by Gasteiger charge is 2.46. The summed E-state index contributed by atoms with van der Waals surface area (Å²) in [5.41, 5.74) is -0.103. The van der Waals surface area contributed by atoms with Crippen molar-refractivity contribution in [3.63, 3.8) is 0 Å². The highest BCUT2D eigenvalue weighted by Crippen LogP contribution is 2.35. The summed E-state index contributed by atoms with van der Waals surface area (Å²) < 4.78 is 15.9. The summed E-state index contributed by atoms with van der Waals surface area (Å²) in [6, 6.07) is 0. The van der Waals surface area contributed by atoms with E-state index in [9.17, 15) is 35.1 Å². The van der Waals surface area contributed by atoms with Crippen molar-refractivity contribution in [3.8, 4) is 0 Å². The number of rotatable bonds is 6. The number of carbonyl (C=O) groups is 2. The number of aliphatic hydroxyl groups is 4. The van der Waals surface area contributed by atoms with Gasteiger partial charge in [-0.25, -0.2) is 4.79 Å². The SMILES string of the molecule is CC=C1C(OC2OC(CO)C(O)C(O)C2O)OC=C(C(=O)O)[C@@H]1CC(=O)O. The lowest BCUT2D eigenvalue weighted by atomic mass is 9.86. The van der Waals surface area contributed by atoms with E-state index >= 15 is 0 Å². The van der Waals surface area contributed by atoms with Gasteiger partial charge in [0.1, 0.15) is 24.4 Å². The number of hydrogen-bond acceptors (Lipinski definition) is 9. The zero-order valence-electron chi connectivity index (χ0n) is 14.3. The van der Waals surface area contributed by atoms with E-state index in [1.807, 2.05) is 0 Å². The summed E-state index contributed by atoms with van der Waals surface area (Å²) in [6.07, 6.45) is -7.20. The number of hydrogen-bond donors (Lipinski definition) is 6. The quantitative estimate of drug-likeness (QED) is 0.280. The molecule has 6 N–H and O–H groups in total. The summed E-state index contributed by atoms with van der Waals surface area (Å²) in [5.74, 6) is -3.64. The van der Waals surface area contributed by atoms with Crippen molar-refractivity contribution in [2.45, 2.75) is 50.3 Å². The molecule has 1 saturated heterocycles. The second kappa shape index (κ2) is 8.78. The van der Waals surface area contributed by atoms with Crippen molar-refractivity contribution in [2.75, 3.05) is 6.61 Å². The molecular formula is C16H22O11. The molecule has 0 aromatic carbocycles. The molecule has 1 fully saturated rings. The third-order valence-corrected chi connectivity index (χ3v) is 4.43. The Hall–Kier alpha value is -2.02. The molecule has 0 bridgehead atoms. The molecule has 0 aliphatic carbocycles. The summed E-state index contributed by atoms with van der Waals surface area (Å²) in [7, 11) is 0. The molecule has 0 radical (unpaired) electrons. The van der Waals surface area contributed by atoms with Crippen LogP contribution in [0.25, 0.3) is 0 Å². The first kappa shape index (κ1) is 21.3. The fourth-order valence-corrected chi connectivity index (χ4v) is 2.99. The Morgan fingerprint density at radius 2 is 1.85 bits per heavy atom. The summed E-state index contributed by atoms with van der Waals surface area (Å²) in [6.45, 7) is 0.874. The lowest BCUT2D eigenvalue weighted by Gasteiger charge is -2.41. The van der Waals surface area contributed by atoms with Crippen LogP contribution in [0.4, 0.5) is 0 Å². The van der Waals surface area contributed by atoms with Crippen molar-refractivity contribution >= 4 is 11.9 Å². The molecule has 152 valence electrons. The predicted octanol–water partition coefficient (Wildman–Crippen LogP) is -1.84. The molecule has 27 heavy (non-hydrogen) atoms. The minimum atomic E-state index is -1.69. The molecule has 2 rings (SSSR count). The summed E-state index contributed by atoms with van der Waals surface area (Å²) in [4.78, 5) is 22.5. The molecule has 2 heterocycles. The maximum atomic E-state index is 11.4. The molecule has 2 aliphatic rings. The molecule has 0 aromatic heterocycles. The first-order valence-electron chi connectivity index (χ1n) is 8.13. The van der Waals surface area contributed by atoms with Crippen molar-refractivity contribution in [1.29, 1.82) is 0 Å². The van der Waals surface area contributed by atoms with Crippen LogP contribution in [0.3, 0.4) is 0 Å².